The van der Waals surface area contributed by atoms with Crippen LogP contribution in [0.15, 0.2) is 4.52 Å². The Morgan fingerprint density at radius 2 is 2.31 bits per heavy atom. The van der Waals surface area contributed by atoms with Crippen LogP contribution in [0.4, 0.5) is 5.88 Å². The summed E-state index contributed by atoms with van der Waals surface area (Å²) >= 11 is 0. The van der Waals surface area contributed by atoms with E-state index in [4.69, 9.17) is 10.3 Å². The zero-order valence-corrected chi connectivity index (χ0v) is 8.21. The second-order valence-corrected chi connectivity index (χ2v) is 3.89. The van der Waals surface area contributed by atoms with Crippen LogP contribution < -0.4 is 5.73 Å². The molecule has 1 saturated carbocycles. The third-order valence-corrected chi connectivity index (χ3v) is 2.96. The number of nitrogens with two attached hydrogens (primary N) is 1. The Balaban J connectivity index is 2.27. The first-order chi connectivity index (χ1) is 6.24. The lowest BCUT2D eigenvalue weighted by Crippen LogP contribution is -2.00. The van der Waals surface area contributed by atoms with E-state index in [0.29, 0.717) is 11.8 Å². The normalized spacial score (nSPS) is 18.9. The van der Waals surface area contributed by atoms with Gasteiger partial charge in [-0.15, -0.1) is 0 Å². The van der Waals surface area contributed by atoms with Crippen LogP contribution in [0.25, 0.3) is 0 Å². The first-order valence-electron chi connectivity index (χ1n) is 4.98. The molecule has 1 heterocycles. The SMILES string of the molecule is CCc1c(C(C)C2CC2)noc1N. The molecule has 2 rings (SSSR count). The molecule has 0 bridgehead atoms. The van der Waals surface area contributed by atoms with E-state index in [1.54, 1.807) is 0 Å². The van der Waals surface area contributed by atoms with Crippen LogP contribution in [0, 0.1) is 5.92 Å². The van der Waals surface area contributed by atoms with Gasteiger partial charge in [0.15, 0.2) is 0 Å². The predicted octanol–water partition coefficient (Wildman–Crippen LogP) is 2.33. The molecule has 1 unspecified atom stereocenters. The van der Waals surface area contributed by atoms with E-state index in [1.165, 1.54) is 12.8 Å². The van der Waals surface area contributed by atoms with Gasteiger partial charge in [-0.2, -0.15) is 0 Å². The van der Waals surface area contributed by atoms with E-state index >= 15 is 0 Å². The van der Waals surface area contributed by atoms with Crippen LogP contribution in [-0.2, 0) is 6.42 Å². The summed E-state index contributed by atoms with van der Waals surface area (Å²) in [4.78, 5) is 0. The van der Waals surface area contributed by atoms with Gasteiger partial charge in [-0.05, 0) is 25.2 Å². The number of hydrogen-bond donors (Lipinski definition) is 1. The maximum absolute atomic E-state index is 5.68. The number of hydrogen-bond acceptors (Lipinski definition) is 3. The predicted molar refractivity (Wildman–Crippen MR) is 51.4 cm³/mol. The molecule has 0 spiro atoms. The summed E-state index contributed by atoms with van der Waals surface area (Å²) in [5, 5.41) is 4.05. The smallest absolute Gasteiger partial charge is 0.225 e. The molecule has 1 aromatic rings. The summed E-state index contributed by atoms with van der Waals surface area (Å²) < 4.78 is 5.01. The second kappa shape index (κ2) is 3.05. The second-order valence-electron chi connectivity index (χ2n) is 3.89. The van der Waals surface area contributed by atoms with E-state index in [-0.39, 0.29) is 0 Å². The summed E-state index contributed by atoms with van der Waals surface area (Å²) in [6, 6.07) is 0. The third-order valence-electron chi connectivity index (χ3n) is 2.96. The minimum Gasteiger partial charge on any atom is -0.367 e. The van der Waals surface area contributed by atoms with Gasteiger partial charge in [-0.1, -0.05) is 19.0 Å². The number of anilines is 1. The molecular weight excluding hydrogens is 164 g/mol. The van der Waals surface area contributed by atoms with Gasteiger partial charge in [0.25, 0.3) is 0 Å². The molecule has 13 heavy (non-hydrogen) atoms. The number of nitrogens with zero attached hydrogens (tertiary/aromatic N) is 1. The van der Waals surface area contributed by atoms with Gasteiger partial charge in [-0.3, -0.25) is 0 Å². The quantitative estimate of drug-likeness (QED) is 0.776. The highest BCUT2D eigenvalue weighted by Crippen LogP contribution is 2.43. The fraction of sp³-hybridized carbons (Fsp3) is 0.700. The molecule has 0 saturated heterocycles. The summed E-state index contributed by atoms with van der Waals surface area (Å²) in [5.74, 6) is 1.84. The average Bonchev–Trinajstić information content (AvgIpc) is 2.89. The van der Waals surface area contributed by atoms with Crippen molar-refractivity contribution in [1.82, 2.24) is 5.16 Å². The Morgan fingerprint density at radius 1 is 1.62 bits per heavy atom. The topological polar surface area (TPSA) is 52.0 Å². The monoisotopic (exact) mass is 180 g/mol. The van der Waals surface area contributed by atoms with Crippen LogP contribution in [0.1, 0.15) is 43.9 Å². The van der Waals surface area contributed by atoms with Gasteiger partial charge in [0.2, 0.25) is 5.88 Å². The molecule has 1 aliphatic rings. The summed E-state index contributed by atoms with van der Waals surface area (Å²) in [6.07, 6.45) is 3.58. The first-order valence-corrected chi connectivity index (χ1v) is 4.98. The van der Waals surface area contributed by atoms with Crippen LogP contribution in [0.3, 0.4) is 0 Å². The Kier molecular flexibility index (Phi) is 2.02. The number of aromatic nitrogens is 1. The van der Waals surface area contributed by atoms with E-state index in [1.807, 2.05) is 0 Å². The van der Waals surface area contributed by atoms with Crippen molar-refractivity contribution < 1.29 is 4.52 Å². The van der Waals surface area contributed by atoms with Gasteiger partial charge in [0, 0.05) is 11.5 Å². The molecule has 2 N–H and O–H groups in total. The van der Waals surface area contributed by atoms with Gasteiger partial charge < -0.3 is 10.3 Å². The Bertz CT molecular complexity index is 302. The molecule has 1 fully saturated rings. The molecule has 0 amide bonds. The van der Waals surface area contributed by atoms with E-state index in [0.717, 1.165) is 23.6 Å². The van der Waals surface area contributed by atoms with Crippen molar-refractivity contribution in [3.63, 3.8) is 0 Å². The average molecular weight is 180 g/mol. The lowest BCUT2D eigenvalue weighted by molar-refractivity contribution is 0.417. The van der Waals surface area contributed by atoms with Gasteiger partial charge in [0.1, 0.15) is 0 Å². The molecule has 0 aliphatic heterocycles. The fourth-order valence-corrected chi connectivity index (χ4v) is 1.87. The Morgan fingerprint density at radius 3 is 2.85 bits per heavy atom. The zero-order chi connectivity index (χ0) is 9.42. The standard InChI is InChI=1S/C10H16N2O/c1-3-8-9(12-13-10(8)11)6(2)7-4-5-7/h6-7H,3-5,11H2,1-2H3. The molecule has 0 aromatic carbocycles. The third kappa shape index (κ3) is 1.43. The Labute approximate surface area is 78.3 Å². The molecule has 3 heteroatoms. The number of nitrogen functional groups attached to an aromatic ring is 1. The van der Waals surface area contributed by atoms with Crippen molar-refractivity contribution in [2.75, 3.05) is 5.73 Å². The lowest BCUT2D eigenvalue weighted by Gasteiger charge is -2.06. The van der Waals surface area contributed by atoms with Gasteiger partial charge >= 0.3 is 0 Å². The fourth-order valence-electron chi connectivity index (χ4n) is 1.87. The van der Waals surface area contributed by atoms with Gasteiger partial charge in [-0.25, -0.2) is 0 Å². The van der Waals surface area contributed by atoms with E-state index in [2.05, 4.69) is 19.0 Å². The number of rotatable bonds is 3. The maximum Gasteiger partial charge on any atom is 0.225 e. The van der Waals surface area contributed by atoms with Crippen LogP contribution in [-0.4, -0.2) is 5.16 Å². The molecule has 72 valence electrons. The molecule has 3 nitrogen and oxygen atoms in total. The highest BCUT2D eigenvalue weighted by molar-refractivity contribution is 5.40. The highest BCUT2D eigenvalue weighted by Gasteiger charge is 2.32. The zero-order valence-electron chi connectivity index (χ0n) is 8.21. The van der Waals surface area contributed by atoms with Crippen molar-refractivity contribution in [3.8, 4) is 0 Å². The van der Waals surface area contributed by atoms with Crippen LogP contribution in [0.5, 0.6) is 0 Å². The molecule has 1 aliphatic carbocycles. The van der Waals surface area contributed by atoms with Crippen molar-refractivity contribution in [2.24, 2.45) is 5.92 Å². The summed E-state index contributed by atoms with van der Waals surface area (Å²) in [7, 11) is 0. The summed E-state index contributed by atoms with van der Waals surface area (Å²) in [5.41, 5.74) is 7.88. The van der Waals surface area contributed by atoms with E-state index < -0.39 is 0 Å². The minimum absolute atomic E-state index is 0.505. The van der Waals surface area contributed by atoms with Crippen molar-refractivity contribution in [2.45, 2.75) is 39.0 Å². The molecule has 1 atom stereocenters. The largest absolute Gasteiger partial charge is 0.367 e. The minimum atomic E-state index is 0.505. The molecule has 1 aromatic heterocycles. The highest BCUT2D eigenvalue weighted by atomic mass is 16.5. The van der Waals surface area contributed by atoms with E-state index in [9.17, 15) is 0 Å². The van der Waals surface area contributed by atoms with Gasteiger partial charge in [0.05, 0.1) is 5.69 Å². The molecule has 0 radical (unpaired) electrons. The van der Waals surface area contributed by atoms with Crippen molar-refractivity contribution >= 4 is 5.88 Å². The van der Waals surface area contributed by atoms with Crippen LogP contribution in [0.2, 0.25) is 0 Å². The van der Waals surface area contributed by atoms with Crippen molar-refractivity contribution in [1.29, 1.82) is 0 Å². The van der Waals surface area contributed by atoms with Crippen molar-refractivity contribution in [3.05, 3.63) is 11.3 Å². The summed E-state index contributed by atoms with van der Waals surface area (Å²) in [6.45, 7) is 4.31. The van der Waals surface area contributed by atoms with Crippen LogP contribution >= 0.6 is 0 Å². The maximum atomic E-state index is 5.68. The Hall–Kier alpha value is -0.990. The molecular formula is C10H16N2O. The first kappa shape index (κ1) is 8.60. The lowest BCUT2D eigenvalue weighted by atomic mass is 9.97.